The highest BCUT2D eigenvalue weighted by Crippen LogP contribution is 2.38. The maximum atomic E-state index is 5.90. The summed E-state index contributed by atoms with van der Waals surface area (Å²) in [4.78, 5) is 0. The molecule has 0 bridgehead atoms. The van der Waals surface area contributed by atoms with E-state index >= 15 is 0 Å². The first-order valence-corrected chi connectivity index (χ1v) is 5.38. The molecule has 3 N–H and O–H groups in total. The van der Waals surface area contributed by atoms with E-state index in [1.54, 1.807) is 0 Å². The van der Waals surface area contributed by atoms with Crippen molar-refractivity contribution in [1.82, 2.24) is 0 Å². The molecule has 0 saturated heterocycles. The van der Waals surface area contributed by atoms with Crippen LogP contribution in [0.4, 0.5) is 11.4 Å². The van der Waals surface area contributed by atoms with Gasteiger partial charge in [-0.2, -0.15) is 0 Å². The molecular weight excluding hydrogens is 172 g/mol. The van der Waals surface area contributed by atoms with Gasteiger partial charge in [0.05, 0.1) is 11.4 Å². The molecule has 0 spiro atoms. The van der Waals surface area contributed by atoms with E-state index in [9.17, 15) is 0 Å². The first-order valence-electron chi connectivity index (χ1n) is 5.38. The zero-order valence-electron chi connectivity index (χ0n) is 8.72. The number of anilines is 2. The zero-order valence-corrected chi connectivity index (χ0v) is 8.72. The van der Waals surface area contributed by atoms with Gasteiger partial charge in [-0.3, -0.25) is 0 Å². The average molecular weight is 190 g/mol. The zero-order chi connectivity index (χ0) is 10.0. The van der Waals surface area contributed by atoms with Gasteiger partial charge in [0.25, 0.3) is 0 Å². The van der Waals surface area contributed by atoms with Crippen LogP contribution in [-0.4, -0.2) is 5.54 Å². The summed E-state index contributed by atoms with van der Waals surface area (Å²) in [5.74, 6) is 0. The number of nitrogen functional groups attached to an aromatic ring is 1. The van der Waals surface area contributed by atoms with Gasteiger partial charge < -0.3 is 11.1 Å². The molecule has 1 aliphatic rings. The van der Waals surface area contributed by atoms with Crippen molar-refractivity contribution in [3.8, 4) is 0 Å². The third-order valence-electron chi connectivity index (χ3n) is 3.35. The summed E-state index contributed by atoms with van der Waals surface area (Å²) in [5.41, 5.74) is 8.17. The van der Waals surface area contributed by atoms with Crippen LogP contribution in [0.15, 0.2) is 24.3 Å². The van der Waals surface area contributed by atoms with Crippen molar-refractivity contribution in [3.05, 3.63) is 24.3 Å². The SMILES string of the molecule is CCC1(Nc2ccccc2N)CCC1. The number of rotatable bonds is 3. The predicted octanol–water partition coefficient (Wildman–Crippen LogP) is 3.01. The van der Waals surface area contributed by atoms with Crippen molar-refractivity contribution in [2.24, 2.45) is 0 Å². The van der Waals surface area contributed by atoms with E-state index in [-0.39, 0.29) is 0 Å². The molecule has 1 aliphatic carbocycles. The molecule has 0 atom stereocenters. The minimum Gasteiger partial charge on any atom is -0.397 e. The number of nitrogens with one attached hydrogen (secondary N) is 1. The summed E-state index contributed by atoms with van der Waals surface area (Å²) in [7, 11) is 0. The fourth-order valence-corrected chi connectivity index (χ4v) is 2.07. The van der Waals surface area contributed by atoms with Crippen LogP contribution in [0.1, 0.15) is 32.6 Å². The maximum Gasteiger partial charge on any atom is 0.0578 e. The summed E-state index contributed by atoms with van der Waals surface area (Å²) in [6, 6.07) is 8.01. The molecular formula is C12H18N2. The summed E-state index contributed by atoms with van der Waals surface area (Å²) >= 11 is 0. The van der Waals surface area contributed by atoms with Crippen molar-refractivity contribution in [2.45, 2.75) is 38.1 Å². The molecule has 1 fully saturated rings. The summed E-state index contributed by atoms with van der Waals surface area (Å²) in [6.45, 7) is 2.24. The monoisotopic (exact) mass is 190 g/mol. The Morgan fingerprint density at radius 1 is 1.36 bits per heavy atom. The molecule has 2 nitrogen and oxygen atoms in total. The van der Waals surface area contributed by atoms with E-state index in [1.165, 1.54) is 25.7 Å². The normalized spacial score (nSPS) is 18.6. The fraction of sp³-hybridized carbons (Fsp3) is 0.500. The lowest BCUT2D eigenvalue weighted by Crippen LogP contribution is -2.44. The molecule has 76 valence electrons. The Hall–Kier alpha value is -1.18. The van der Waals surface area contributed by atoms with Crippen molar-refractivity contribution >= 4 is 11.4 Å². The van der Waals surface area contributed by atoms with Crippen LogP contribution in [0.2, 0.25) is 0 Å². The quantitative estimate of drug-likeness (QED) is 0.719. The lowest BCUT2D eigenvalue weighted by Gasteiger charge is -2.43. The Bertz CT molecular complexity index is 310. The van der Waals surface area contributed by atoms with Crippen LogP contribution >= 0.6 is 0 Å². The molecule has 2 heteroatoms. The number of para-hydroxylation sites is 2. The Morgan fingerprint density at radius 2 is 2.07 bits per heavy atom. The Balaban J connectivity index is 2.13. The molecule has 1 aromatic rings. The highest BCUT2D eigenvalue weighted by molar-refractivity contribution is 5.66. The van der Waals surface area contributed by atoms with Crippen LogP contribution < -0.4 is 11.1 Å². The van der Waals surface area contributed by atoms with E-state index in [0.717, 1.165) is 11.4 Å². The van der Waals surface area contributed by atoms with Gasteiger partial charge in [-0.25, -0.2) is 0 Å². The van der Waals surface area contributed by atoms with Crippen LogP contribution in [0, 0.1) is 0 Å². The van der Waals surface area contributed by atoms with Gasteiger partial charge in [-0.15, -0.1) is 0 Å². The Labute approximate surface area is 85.5 Å². The Kier molecular flexibility index (Phi) is 2.36. The molecule has 0 heterocycles. The van der Waals surface area contributed by atoms with Gasteiger partial charge in [-0.05, 0) is 37.8 Å². The third kappa shape index (κ3) is 1.57. The second-order valence-electron chi connectivity index (χ2n) is 4.20. The molecule has 1 saturated carbocycles. The van der Waals surface area contributed by atoms with Gasteiger partial charge in [0, 0.05) is 5.54 Å². The largest absolute Gasteiger partial charge is 0.397 e. The van der Waals surface area contributed by atoms with Crippen LogP contribution in [0.3, 0.4) is 0 Å². The molecule has 0 aliphatic heterocycles. The van der Waals surface area contributed by atoms with Crippen molar-refractivity contribution in [1.29, 1.82) is 0 Å². The van der Waals surface area contributed by atoms with Crippen molar-refractivity contribution in [3.63, 3.8) is 0 Å². The number of hydrogen-bond acceptors (Lipinski definition) is 2. The molecule has 0 radical (unpaired) electrons. The molecule has 14 heavy (non-hydrogen) atoms. The predicted molar refractivity (Wildman–Crippen MR) is 61.4 cm³/mol. The van der Waals surface area contributed by atoms with Gasteiger partial charge in [-0.1, -0.05) is 19.1 Å². The van der Waals surface area contributed by atoms with E-state index < -0.39 is 0 Å². The summed E-state index contributed by atoms with van der Waals surface area (Å²) in [5, 5.41) is 3.58. The molecule has 0 amide bonds. The highest BCUT2D eigenvalue weighted by atomic mass is 15.0. The summed E-state index contributed by atoms with van der Waals surface area (Å²) < 4.78 is 0. The molecule has 2 rings (SSSR count). The molecule has 0 aromatic heterocycles. The smallest absolute Gasteiger partial charge is 0.0578 e. The van der Waals surface area contributed by atoms with E-state index in [2.05, 4.69) is 18.3 Å². The minimum absolute atomic E-state index is 0.329. The van der Waals surface area contributed by atoms with Crippen LogP contribution in [-0.2, 0) is 0 Å². The maximum absolute atomic E-state index is 5.90. The lowest BCUT2D eigenvalue weighted by atomic mass is 9.74. The van der Waals surface area contributed by atoms with Crippen molar-refractivity contribution < 1.29 is 0 Å². The lowest BCUT2D eigenvalue weighted by molar-refractivity contribution is 0.270. The first kappa shape index (κ1) is 9.38. The van der Waals surface area contributed by atoms with Gasteiger partial charge in [0.1, 0.15) is 0 Å². The van der Waals surface area contributed by atoms with Gasteiger partial charge in [0.2, 0.25) is 0 Å². The van der Waals surface area contributed by atoms with Gasteiger partial charge >= 0.3 is 0 Å². The average Bonchev–Trinajstić information content (AvgIpc) is 2.14. The number of hydrogen-bond donors (Lipinski definition) is 2. The minimum atomic E-state index is 0.329. The van der Waals surface area contributed by atoms with Gasteiger partial charge in [0.15, 0.2) is 0 Å². The third-order valence-corrected chi connectivity index (χ3v) is 3.35. The topological polar surface area (TPSA) is 38.0 Å². The molecule has 0 unspecified atom stereocenters. The second kappa shape index (κ2) is 3.52. The fourth-order valence-electron chi connectivity index (χ4n) is 2.07. The second-order valence-corrected chi connectivity index (χ2v) is 4.20. The van der Waals surface area contributed by atoms with Crippen LogP contribution in [0.25, 0.3) is 0 Å². The van der Waals surface area contributed by atoms with E-state index in [1.807, 2.05) is 18.2 Å². The molecule has 1 aromatic carbocycles. The Morgan fingerprint density at radius 3 is 2.57 bits per heavy atom. The number of benzene rings is 1. The van der Waals surface area contributed by atoms with E-state index in [0.29, 0.717) is 5.54 Å². The first-order chi connectivity index (χ1) is 6.76. The van der Waals surface area contributed by atoms with E-state index in [4.69, 9.17) is 5.73 Å². The standard InChI is InChI=1S/C12H18N2/c1-2-12(8-5-9-12)14-11-7-4-3-6-10(11)13/h3-4,6-7,14H,2,5,8-9,13H2,1H3. The highest BCUT2D eigenvalue weighted by Gasteiger charge is 2.34. The number of nitrogens with two attached hydrogens (primary N) is 1. The van der Waals surface area contributed by atoms with Crippen molar-refractivity contribution in [2.75, 3.05) is 11.1 Å². The summed E-state index contributed by atoms with van der Waals surface area (Å²) in [6.07, 6.45) is 5.07. The van der Waals surface area contributed by atoms with Crippen LogP contribution in [0.5, 0.6) is 0 Å².